The van der Waals surface area contributed by atoms with E-state index in [1.165, 1.54) is 11.1 Å². The Bertz CT molecular complexity index is 958. The Labute approximate surface area is 172 Å². The van der Waals surface area contributed by atoms with Crippen molar-refractivity contribution in [3.8, 4) is 5.75 Å². The molecule has 0 aliphatic carbocycles. The number of rotatable bonds is 7. The molecule has 29 heavy (non-hydrogen) atoms. The molecule has 0 radical (unpaired) electrons. The first kappa shape index (κ1) is 19.9. The summed E-state index contributed by atoms with van der Waals surface area (Å²) in [6, 6.07) is 10.6. The van der Waals surface area contributed by atoms with E-state index in [0.717, 1.165) is 80.7 Å². The maximum Gasteiger partial charge on any atom is 0.159 e. The van der Waals surface area contributed by atoms with Crippen LogP contribution in [0.5, 0.6) is 5.75 Å². The monoisotopic (exact) mass is 393 g/mol. The van der Waals surface area contributed by atoms with Gasteiger partial charge in [-0.15, -0.1) is 0 Å². The molecule has 6 nitrogen and oxygen atoms in total. The van der Waals surface area contributed by atoms with Crippen LogP contribution >= 0.6 is 0 Å². The molecule has 1 N–H and O–H groups in total. The third kappa shape index (κ3) is 4.60. The number of piperazine rings is 1. The third-order valence-electron chi connectivity index (χ3n) is 5.60. The number of nitrogens with zero attached hydrogens (tertiary/aromatic N) is 4. The van der Waals surface area contributed by atoms with E-state index >= 15 is 0 Å². The molecule has 1 saturated heterocycles. The highest BCUT2D eigenvalue weighted by Gasteiger charge is 2.15. The quantitative estimate of drug-likeness (QED) is 0.669. The van der Waals surface area contributed by atoms with Crippen molar-refractivity contribution in [1.29, 1.82) is 0 Å². The van der Waals surface area contributed by atoms with Gasteiger partial charge in [0.15, 0.2) is 5.65 Å². The average Bonchev–Trinajstić information content (AvgIpc) is 3.08. The lowest BCUT2D eigenvalue weighted by atomic mass is 10.0. The number of nitrogens with one attached hydrogen (secondary N) is 1. The first-order valence-corrected chi connectivity index (χ1v) is 10.6. The zero-order valence-electron chi connectivity index (χ0n) is 17.7. The van der Waals surface area contributed by atoms with Crippen LogP contribution in [0.3, 0.4) is 0 Å². The van der Waals surface area contributed by atoms with Crippen LogP contribution in [0.1, 0.15) is 35.1 Å². The molecule has 154 valence electrons. The molecule has 1 aliphatic heterocycles. The number of fused-ring (bicyclic) bond motifs is 1. The Morgan fingerprint density at radius 1 is 1.10 bits per heavy atom. The number of hydrogen-bond donors (Lipinski definition) is 1. The predicted molar refractivity (Wildman–Crippen MR) is 116 cm³/mol. The van der Waals surface area contributed by atoms with Gasteiger partial charge in [-0.25, -0.2) is 9.50 Å². The van der Waals surface area contributed by atoms with Gasteiger partial charge in [0, 0.05) is 56.1 Å². The van der Waals surface area contributed by atoms with Crippen LogP contribution < -0.4 is 10.1 Å². The molecule has 6 heteroatoms. The lowest BCUT2D eigenvalue weighted by molar-refractivity contribution is 0.191. The van der Waals surface area contributed by atoms with Gasteiger partial charge in [-0.05, 0) is 44.0 Å². The van der Waals surface area contributed by atoms with Crippen LogP contribution in [0.4, 0.5) is 0 Å². The molecule has 3 heterocycles. The summed E-state index contributed by atoms with van der Waals surface area (Å²) in [4.78, 5) is 7.21. The lowest BCUT2D eigenvalue weighted by Crippen LogP contribution is -2.44. The topological polar surface area (TPSA) is 54.7 Å². The molecule has 1 aliphatic rings. The van der Waals surface area contributed by atoms with E-state index in [-0.39, 0.29) is 0 Å². The van der Waals surface area contributed by atoms with Gasteiger partial charge in [-0.1, -0.05) is 19.1 Å². The van der Waals surface area contributed by atoms with Crippen molar-refractivity contribution in [3.63, 3.8) is 0 Å². The van der Waals surface area contributed by atoms with E-state index in [0.29, 0.717) is 0 Å². The fourth-order valence-electron chi connectivity index (χ4n) is 4.01. The van der Waals surface area contributed by atoms with Crippen molar-refractivity contribution in [2.24, 2.45) is 0 Å². The highest BCUT2D eigenvalue weighted by Crippen LogP contribution is 2.22. The average molecular weight is 394 g/mol. The molecule has 0 bridgehead atoms. The highest BCUT2D eigenvalue weighted by molar-refractivity contribution is 5.53. The fourth-order valence-corrected chi connectivity index (χ4v) is 4.01. The largest absolute Gasteiger partial charge is 0.492 e. The molecule has 0 spiro atoms. The van der Waals surface area contributed by atoms with E-state index in [1.807, 2.05) is 11.4 Å². The predicted octanol–water partition coefficient (Wildman–Crippen LogP) is 2.78. The van der Waals surface area contributed by atoms with Gasteiger partial charge in [-0.3, -0.25) is 4.90 Å². The Morgan fingerprint density at radius 3 is 2.59 bits per heavy atom. The van der Waals surface area contributed by atoms with Crippen molar-refractivity contribution >= 4 is 5.65 Å². The van der Waals surface area contributed by atoms with Crippen LogP contribution in [0.25, 0.3) is 5.65 Å². The minimum atomic E-state index is 0.732. The van der Waals surface area contributed by atoms with Crippen molar-refractivity contribution in [2.75, 3.05) is 39.3 Å². The second-order valence-electron chi connectivity index (χ2n) is 7.81. The van der Waals surface area contributed by atoms with Gasteiger partial charge in [0.25, 0.3) is 0 Å². The molecule has 0 unspecified atom stereocenters. The zero-order chi connectivity index (χ0) is 20.2. The molecule has 0 amide bonds. The van der Waals surface area contributed by atoms with Gasteiger partial charge in [0.2, 0.25) is 0 Å². The van der Waals surface area contributed by atoms with Crippen molar-refractivity contribution in [1.82, 2.24) is 24.8 Å². The summed E-state index contributed by atoms with van der Waals surface area (Å²) in [5.41, 5.74) is 6.75. The standard InChI is InChI=1S/C23H31N5O/c1-4-22-21(23-25-17(2)15-18(3)28(23)26-22)16-19-5-7-20(8-6-19)29-14-13-27-11-9-24-10-12-27/h5-8,15,24H,4,9-14,16H2,1-3H3. The third-order valence-corrected chi connectivity index (χ3v) is 5.60. The smallest absolute Gasteiger partial charge is 0.159 e. The first-order chi connectivity index (χ1) is 14.1. The van der Waals surface area contributed by atoms with Gasteiger partial charge in [-0.2, -0.15) is 5.10 Å². The summed E-state index contributed by atoms with van der Waals surface area (Å²) >= 11 is 0. The number of aromatic nitrogens is 3. The number of ether oxygens (including phenoxy) is 1. The van der Waals surface area contributed by atoms with Crippen LogP contribution in [0.2, 0.25) is 0 Å². The van der Waals surface area contributed by atoms with Crippen molar-refractivity contribution in [2.45, 2.75) is 33.6 Å². The van der Waals surface area contributed by atoms with Crippen molar-refractivity contribution in [3.05, 3.63) is 58.5 Å². The van der Waals surface area contributed by atoms with E-state index in [2.05, 4.69) is 54.4 Å². The first-order valence-electron chi connectivity index (χ1n) is 10.6. The summed E-state index contributed by atoms with van der Waals surface area (Å²) in [7, 11) is 0. The summed E-state index contributed by atoms with van der Waals surface area (Å²) < 4.78 is 7.94. The zero-order valence-corrected chi connectivity index (χ0v) is 17.7. The second kappa shape index (κ2) is 8.93. The SMILES string of the molecule is CCc1nn2c(C)cc(C)nc2c1Cc1ccc(OCCN2CCNCC2)cc1. The maximum absolute atomic E-state index is 5.95. The van der Waals surface area contributed by atoms with Gasteiger partial charge < -0.3 is 10.1 Å². The Balaban J connectivity index is 1.43. The van der Waals surface area contributed by atoms with Crippen LogP contribution in [-0.4, -0.2) is 58.8 Å². The minimum Gasteiger partial charge on any atom is -0.492 e. The van der Waals surface area contributed by atoms with E-state index in [9.17, 15) is 0 Å². The lowest BCUT2D eigenvalue weighted by Gasteiger charge is -2.26. The maximum atomic E-state index is 5.95. The molecule has 2 aromatic heterocycles. The summed E-state index contributed by atoms with van der Waals surface area (Å²) in [5, 5.41) is 8.17. The minimum absolute atomic E-state index is 0.732. The van der Waals surface area contributed by atoms with Crippen LogP contribution in [-0.2, 0) is 12.8 Å². The van der Waals surface area contributed by atoms with Crippen molar-refractivity contribution < 1.29 is 4.74 Å². The number of aryl methyl sites for hydroxylation is 3. The molecule has 0 atom stereocenters. The van der Waals surface area contributed by atoms with E-state index < -0.39 is 0 Å². The molecular weight excluding hydrogens is 362 g/mol. The van der Waals surface area contributed by atoms with Gasteiger partial charge in [0.05, 0.1) is 5.69 Å². The molecule has 3 aromatic rings. The normalized spacial score (nSPS) is 15.1. The fraction of sp³-hybridized carbons (Fsp3) is 0.478. The molecule has 4 rings (SSSR count). The van der Waals surface area contributed by atoms with Gasteiger partial charge in [0.1, 0.15) is 12.4 Å². The number of benzene rings is 1. The second-order valence-corrected chi connectivity index (χ2v) is 7.81. The molecule has 1 fully saturated rings. The summed E-state index contributed by atoms with van der Waals surface area (Å²) in [5.74, 6) is 0.935. The Kier molecular flexibility index (Phi) is 6.11. The van der Waals surface area contributed by atoms with E-state index in [1.54, 1.807) is 0 Å². The highest BCUT2D eigenvalue weighted by atomic mass is 16.5. The van der Waals surface area contributed by atoms with Crippen LogP contribution in [0, 0.1) is 13.8 Å². The molecule has 0 saturated carbocycles. The Hall–Kier alpha value is -2.44. The molecule has 1 aromatic carbocycles. The number of hydrogen-bond acceptors (Lipinski definition) is 5. The summed E-state index contributed by atoms with van der Waals surface area (Å²) in [6.45, 7) is 12.4. The molecular formula is C23H31N5O. The van der Waals surface area contributed by atoms with E-state index in [4.69, 9.17) is 14.8 Å². The van der Waals surface area contributed by atoms with Gasteiger partial charge >= 0.3 is 0 Å². The summed E-state index contributed by atoms with van der Waals surface area (Å²) in [6.07, 6.45) is 1.74. The Morgan fingerprint density at radius 2 is 1.86 bits per heavy atom. The van der Waals surface area contributed by atoms with Crippen LogP contribution in [0.15, 0.2) is 30.3 Å².